The molecule has 0 aliphatic carbocycles. The Kier molecular flexibility index (Phi) is 6.13. The Morgan fingerprint density at radius 1 is 1.27 bits per heavy atom. The van der Waals surface area contributed by atoms with Crippen molar-refractivity contribution in [3.05, 3.63) is 50.1 Å². The van der Waals surface area contributed by atoms with Crippen molar-refractivity contribution >= 4 is 34.7 Å². The first-order chi connectivity index (χ1) is 14.2. The standard InChI is InChI=1S/C18H20ClN5O6/c1-22-15-14(16(28)23(2)18(22)29)24(17(21-15)20-7-13(26)27)8-10(25)9-30-12-6-4-3-5-11(12)19/h3-6,10,25H,7-9H2,1-2H3,(H,20,21)(H,26,27)/t10-/m0/s1. The van der Waals surface area contributed by atoms with Gasteiger partial charge in [-0.2, -0.15) is 4.98 Å². The van der Waals surface area contributed by atoms with E-state index in [9.17, 15) is 19.5 Å². The Balaban J connectivity index is 1.96. The number of fused-ring (bicyclic) bond motifs is 1. The fraction of sp³-hybridized carbons (Fsp3) is 0.333. The Morgan fingerprint density at radius 2 is 1.97 bits per heavy atom. The number of aliphatic carboxylic acids is 1. The summed E-state index contributed by atoms with van der Waals surface area (Å²) >= 11 is 6.03. The van der Waals surface area contributed by atoms with E-state index < -0.39 is 29.9 Å². The smallest absolute Gasteiger partial charge is 0.332 e. The van der Waals surface area contributed by atoms with Crippen LogP contribution in [-0.4, -0.2) is 54.1 Å². The van der Waals surface area contributed by atoms with E-state index in [0.717, 1.165) is 4.57 Å². The van der Waals surface area contributed by atoms with Crippen LogP contribution < -0.4 is 21.3 Å². The third-order valence-electron chi connectivity index (χ3n) is 4.41. The number of carboxylic acids is 1. The monoisotopic (exact) mass is 437 g/mol. The molecule has 0 amide bonds. The lowest BCUT2D eigenvalue weighted by Crippen LogP contribution is -2.38. The van der Waals surface area contributed by atoms with Gasteiger partial charge in [0.1, 0.15) is 25.0 Å². The second-order valence-electron chi connectivity index (χ2n) is 6.57. The highest BCUT2D eigenvalue weighted by Gasteiger charge is 2.21. The number of carboxylic acid groups (broad SMARTS) is 1. The van der Waals surface area contributed by atoms with Gasteiger partial charge in [0.2, 0.25) is 5.95 Å². The number of aromatic nitrogens is 4. The summed E-state index contributed by atoms with van der Waals surface area (Å²) in [4.78, 5) is 40.0. The largest absolute Gasteiger partial charge is 0.489 e. The average Bonchev–Trinajstić information content (AvgIpc) is 3.06. The van der Waals surface area contributed by atoms with Crippen LogP contribution in [0.3, 0.4) is 0 Å². The molecule has 12 heteroatoms. The summed E-state index contributed by atoms with van der Waals surface area (Å²) in [6.07, 6.45) is -1.09. The number of carbonyl (C=O) groups is 1. The molecule has 0 bridgehead atoms. The highest BCUT2D eigenvalue weighted by Crippen LogP contribution is 2.23. The summed E-state index contributed by atoms with van der Waals surface area (Å²) in [5, 5.41) is 22.4. The van der Waals surface area contributed by atoms with Crippen molar-refractivity contribution in [3.8, 4) is 5.75 Å². The Hall–Kier alpha value is -3.31. The molecule has 0 fully saturated rings. The van der Waals surface area contributed by atoms with E-state index in [1.165, 1.54) is 23.2 Å². The number of hydrogen-bond donors (Lipinski definition) is 3. The number of ether oxygens (including phenoxy) is 1. The van der Waals surface area contributed by atoms with Gasteiger partial charge in [0.05, 0.1) is 11.6 Å². The zero-order valence-electron chi connectivity index (χ0n) is 16.2. The van der Waals surface area contributed by atoms with Crippen LogP contribution in [0.5, 0.6) is 5.75 Å². The van der Waals surface area contributed by atoms with Crippen molar-refractivity contribution in [1.82, 2.24) is 18.7 Å². The predicted molar refractivity (Wildman–Crippen MR) is 109 cm³/mol. The molecule has 0 aliphatic heterocycles. The van der Waals surface area contributed by atoms with E-state index in [-0.39, 0.29) is 30.3 Å². The number of anilines is 1. The fourth-order valence-corrected chi connectivity index (χ4v) is 3.12. The molecule has 0 unspecified atom stereocenters. The SMILES string of the molecule is Cn1c(=O)c2c(nc(NCC(=O)O)n2C[C@H](O)COc2ccccc2Cl)n(C)c1=O. The molecule has 160 valence electrons. The summed E-state index contributed by atoms with van der Waals surface area (Å²) in [5.41, 5.74) is -1.09. The van der Waals surface area contributed by atoms with E-state index in [1.807, 2.05) is 0 Å². The normalized spacial score (nSPS) is 12.1. The summed E-state index contributed by atoms with van der Waals surface area (Å²) in [5.74, 6) is -0.725. The van der Waals surface area contributed by atoms with Crippen LogP contribution >= 0.6 is 11.6 Å². The molecule has 3 N–H and O–H groups in total. The van der Waals surface area contributed by atoms with Crippen LogP contribution in [0.4, 0.5) is 5.95 Å². The van der Waals surface area contributed by atoms with Crippen LogP contribution in [0.25, 0.3) is 11.2 Å². The number of nitrogens with one attached hydrogen (secondary N) is 1. The molecule has 0 saturated carbocycles. The molecule has 0 radical (unpaired) electrons. The third-order valence-corrected chi connectivity index (χ3v) is 4.72. The molecule has 2 aromatic heterocycles. The molecule has 0 aliphatic rings. The number of imidazole rings is 1. The minimum atomic E-state index is -1.14. The van der Waals surface area contributed by atoms with Gasteiger partial charge in [-0.25, -0.2) is 4.79 Å². The van der Waals surface area contributed by atoms with Crippen LogP contribution in [0, 0.1) is 0 Å². The summed E-state index contributed by atoms with van der Waals surface area (Å²) < 4.78 is 8.94. The molecular weight excluding hydrogens is 418 g/mol. The number of nitrogens with zero attached hydrogens (tertiary/aromatic N) is 4. The van der Waals surface area contributed by atoms with Gasteiger partial charge >= 0.3 is 11.7 Å². The maximum absolute atomic E-state index is 12.7. The van der Waals surface area contributed by atoms with Crippen LogP contribution in [0.1, 0.15) is 0 Å². The first kappa shape index (κ1) is 21.4. The molecular formula is C18H20ClN5O6. The van der Waals surface area contributed by atoms with Crippen LogP contribution in [-0.2, 0) is 25.4 Å². The number of para-hydroxylation sites is 1. The zero-order chi connectivity index (χ0) is 22.0. The first-order valence-electron chi connectivity index (χ1n) is 8.88. The number of rotatable bonds is 8. The second-order valence-corrected chi connectivity index (χ2v) is 6.97. The van der Waals surface area contributed by atoms with Crippen molar-refractivity contribution < 1.29 is 19.7 Å². The lowest BCUT2D eigenvalue weighted by Gasteiger charge is -2.16. The lowest BCUT2D eigenvalue weighted by molar-refractivity contribution is -0.134. The van der Waals surface area contributed by atoms with Gasteiger partial charge < -0.3 is 24.8 Å². The van der Waals surface area contributed by atoms with Crippen LogP contribution in [0.2, 0.25) is 5.02 Å². The maximum Gasteiger partial charge on any atom is 0.332 e. The minimum Gasteiger partial charge on any atom is -0.489 e. The minimum absolute atomic E-state index is 0.0301. The molecule has 3 aromatic rings. The Labute approximate surface area is 174 Å². The molecule has 1 atom stereocenters. The third kappa shape index (κ3) is 4.16. The van der Waals surface area contributed by atoms with Crippen molar-refractivity contribution in [2.45, 2.75) is 12.6 Å². The summed E-state index contributed by atoms with van der Waals surface area (Å²) in [6.45, 7) is -0.756. The van der Waals surface area contributed by atoms with E-state index in [2.05, 4.69) is 10.3 Å². The molecule has 0 spiro atoms. The highest BCUT2D eigenvalue weighted by atomic mass is 35.5. The molecule has 2 heterocycles. The fourth-order valence-electron chi connectivity index (χ4n) is 2.93. The number of hydrogen-bond acceptors (Lipinski definition) is 7. The van der Waals surface area contributed by atoms with Crippen molar-refractivity contribution in [1.29, 1.82) is 0 Å². The summed E-state index contributed by atoms with van der Waals surface area (Å²) in [7, 11) is 2.77. The Bertz CT molecular complexity index is 1210. The first-order valence-corrected chi connectivity index (χ1v) is 9.25. The van der Waals surface area contributed by atoms with E-state index in [4.69, 9.17) is 21.4 Å². The van der Waals surface area contributed by atoms with Gasteiger partial charge in [0.25, 0.3) is 5.56 Å². The van der Waals surface area contributed by atoms with E-state index in [1.54, 1.807) is 24.3 Å². The average molecular weight is 438 g/mol. The van der Waals surface area contributed by atoms with Crippen molar-refractivity contribution in [2.24, 2.45) is 14.1 Å². The molecule has 11 nitrogen and oxygen atoms in total. The molecule has 1 aromatic carbocycles. The van der Waals surface area contributed by atoms with Gasteiger partial charge in [-0.3, -0.25) is 18.7 Å². The predicted octanol–water partition coefficient (Wildman–Crippen LogP) is 0.0235. The number of halogens is 1. The number of aliphatic hydroxyl groups excluding tert-OH is 1. The van der Waals surface area contributed by atoms with Crippen LogP contribution in [0.15, 0.2) is 33.9 Å². The summed E-state index contributed by atoms with van der Waals surface area (Å²) in [6, 6.07) is 6.76. The Morgan fingerprint density at radius 3 is 2.63 bits per heavy atom. The van der Waals surface area contributed by atoms with Crippen molar-refractivity contribution in [2.75, 3.05) is 18.5 Å². The zero-order valence-corrected chi connectivity index (χ0v) is 17.0. The number of benzene rings is 1. The van der Waals surface area contributed by atoms with E-state index in [0.29, 0.717) is 10.8 Å². The quantitative estimate of drug-likeness (QED) is 0.448. The van der Waals surface area contributed by atoms with Gasteiger partial charge in [-0.1, -0.05) is 23.7 Å². The van der Waals surface area contributed by atoms with Crippen molar-refractivity contribution in [3.63, 3.8) is 0 Å². The molecule has 3 rings (SSSR count). The maximum atomic E-state index is 12.7. The highest BCUT2D eigenvalue weighted by molar-refractivity contribution is 6.32. The number of aryl methyl sites for hydroxylation is 1. The van der Waals surface area contributed by atoms with E-state index >= 15 is 0 Å². The molecule has 0 saturated heterocycles. The van der Waals surface area contributed by atoms with Gasteiger partial charge in [0.15, 0.2) is 11.2 Å². The van der Waals surface area contributed by atoms with Gasteiger partial charge in [0, 0.05) is 14.1 Å². The molecule has 30 heavy (non-hydrogen) atoms. The second kappa shape index (κ2) is 8.59. The topological polar surface area (TPSA) is 141 Å². The van der Waals surface area contributed by atoms with Gasteiger partial charge in [-0.15, -0.1) is 0 Å². The number of aliphatic hydroxyl groups is 1. The van der Waals surface area contributed by atoms with Gasteiger partial charge in [-0.05, 0) is 12.1 Å². The lowest BCUT2D eigenvalue weighted by atomic mass is 10.3.